The maximum absolute atomic E-state index is 12.2. The van der Waals surface area contributed by atoms with Gasteiger partial charge in [-0.05, 0) is 61.4 Å². The average molecular weight is 324 g/mol. The van der Waals surface area contributed by atoms with Crippen LogP contribution in [0.25, 0.3) is 10.8 Å². The largest absolute Gasteiger partial charge is 0.481 e. The molecule has 1 aliphatic rings. The number of carbonyl (C=O) groups excluding carboxylic acids is 1. The van der Waals surface area contributed by atoms with Crippen LogP contribution in [0.2, 0.25) is 0 Å². The normalized spacial score (nSPS) is 20.8. The monoisotopic (exact) mass is 324 g/mol. The van der Waals surface area contributed by atoms with Crippen molar-refractivity contribution in [3.05, 3.63) is 42.5 Å². The number of benzene rings is 2. The van der Waals surface area contributed by atoms with Gasteiger partial charge in [0.2, 0.25) is 0 Å². The minimum atomic E-state index is -0.587. The molecule has 1 aliphatic carbocycles. The lowest BCUT2D eigenvalue weighted by molar-refractivity contribution is -0.127. The van der Waals surface area contributed by atoms with Gasteiger partial charge < -0.3 is 4.74 Å². The van der Waals surface area contributed by atoms with Crippen LogP contribution >= 0.6 is 0 Å². The molecular formula is C20H24N2O2. The molecule has 2 aromatic carbocycles. The summed E-state index contributed by atoms with van der Waals surface area (Å²) in [5.74, 6) is 1.13. The molecule has 1 amide bonds. The third-order valence-electron chi connectivity index (χ3n) is 4.47. The summed E-state index contributed by atoms with van der Waals surface area (Å²) >= 11 is 0. The van der Waals surface area contributed by atoms with Gasteiger partial charge in [-0.25, -0.2) is 5.43 Å². The van der Waals surface area contributed by atoms with Crippen LogP contribution in [-0.2, 0) is 4.79 Å². The Kier molecular flexibility index (Phi) is 5.14. The molecule has 1 N–H and O–H groups in total. The van der Waals surface area contributed by atoms with E-state index in [1.165, 1.54) is 6.42 Å². The number of hydrazone groups is 1. The minimum Gasteiger partial charge on any atom is -0.481 e. The molecule has 4 nitrogen and oxygen atoms in total. The van der Waals surface area contributed by atoms with Crippen LogP contribution in [0, 0.1) is 5.92 Å². The number of nitrogens with one attached hydrogen (secondary N) is 1. The third kappa shape index (κ3) is 4.13. The molecule has 0 heterocycles. The first kappa shape index (κ1) is 16.5. The van der Waals surface area contributed by atoms with E-state index in [0.717, 1.165) is 35.7 Å². The van der Waals surface area contributed by atoms with Crippen LogP contribution in [0.1, 0.15) is 39.5 Å². The number of carbonyl (C=O) groups is 1. The van der Waals surface area contributed by atoms with Crippen molar-refractivity contribution in [3.8, 4) is 5.75 Å². The fourth-order valence-corrected chi connectivity index (χ4v) is 3.09. The maximum Gasteiger partial charge on any atom is 0.280 e. The van der Waals surface area contributed by atoms with E-state index in [0.29, 0.717) is 11.7 Å². The highest BCUT2D eigenvalue weighted by Crippen LogP contribution is 2.22. The van der Waals surface area contributed by atoms with Crippen molar-refractivity contribution in [1.29, 1.82) is 0 Å². The smallest absolute Gasteiger partial charge is 0.280 e. The summed E-state index contributed by atoms with van der Waals surface area (Å²) in [5, 5.41) is 6.53. The molecule has 0 bridgehead atoms. The first-order valence-electron chi connectivity index (χ1n) is 8.62. The van der Waals surface area contributed by atoms with E-state index in [1.807, 2.05) is 36.4 Å². The lowest BCUT2D eigenvalue weighted by atomic mass is 9.89. The van der Waals surface area contributed by atoms with Crippen LogP contribution in [0.3, 0.4) is 0 Å². The summed E-state index contributed by atoms with van der Waals surface area (Å²) in [4.78, 5) is 12.2. The zero-order valence-electron chi connectivity index (χ0n) is 14.3. The Bertz CT molecular complexity index is 754. The zero-order chi connectivity index (χ0) is 16.9. The molecule has 0 spiro atoms. The minimum absolute atomic E-state index is 0.214. The first-order valence-corrected chi connectivity index (χ1v) is 8.62. The van der Waals surface area contributed by atoms with Crippen LogP contribution < -0.4 is 10.2 Å². The average Bonchev–Trinajstić information content (AvgIpc) is 2.59. The van der Waals surface area contributed by atoms with E-state index in [4.69, 9.17) is 4.74 Å². The van der Waals surface area contributed by atoms with E-state index < -0.39 is 6.10 Å². The Balaban J connectivity index is 1.59. The van der Waals surface area contributed by atoms with Crippen molar-refractivity contribution >= 4 is 22.4 Å². The maximum atomic E-state index is 12.2. The van der Waals surface area contributed by atoms with Gasteiger partial charge in [0.1, 0.15) is 5.75 Å². The number of hydrogen-bond donors (Lipinski definition) is 1. The third-order valence-corrected chi connectivity index (χ3v) is 4.47. The molecule has 24 heavy (non-hydrogen) atoms. The standard InChI is InChI=1S/C20H24N2O2/c1-14-6-5-9-18(12-14)21-22-20(23)15(2)24-19-11-10-16-7-3-4-8-17(16)13-19/h3-4,7-8,10-11,13-15H,5-6,9,12H2,1-2H3,(H,22,23)/b21-18-. The van der Waals surface area contributed by atoms with Gasteiger partial charge in [-0.2, -0.15) is 5.10 Å². The molecule has 4 heteroatoms. The molecule has 1 saturated carbocycles. The summed E-state index contributed by atoms with van der Waals surface area (Å²) in [6.07, 6.45) is 3.76. The zero-order valence-corrected chi connectivity index (χ0v) is 14.3. The second kappa shape index (κ2) is 7.47. The quantitative estimate of drug-likeness (QED) is 0.853. The Morgan fingerprint density at radius 1 is 1.25 bits per heavy atom. The van der Waals surface area contributed by atoms with Gasteiger partial charge in [0.05, 0.1) is 0 Å². The number of hydrogen-bond acceptors (Lipinski definition) is 3. The lowest BCUT2D eigenvalue weighted by Gasteiger charge is -2.19. The molecule has 2 aromatic rings. The Morgan fingerprint density at radius 2 is 2.04 bits per heavy atom. The summed E-state index contributed by atoms with van der Waals surface area (Å²) in [5.41, 5.74) is 3.74. The fourth-order valence-electron chi connectivity index (χ4n) is 3.09. The summed E-state index contributed by atoms with van der Waals surface area (Å²) < 4.78 is 5.76. The summed E-state index contributed by atoms with van der Waals surface area (Å²) in [6.45, 7) is 3.97. The van der Waals surface area contributed by atoms with Crippen LogP contribution in [0.5, 0.6) is 5.75 Å². The van der Waals surface area contributed by atoms with Gasteiger partial charge in [0, 0.05) is 5.71 Å². The molecule has 0 aliphatic heterocycles. The molecule has 0 saturated heterocycles. The van der Waals surface area contributed by atoms with Crippen molar-refractivity contribution in [1.82, 2.24) is 5.43 Å². The van der Waals surface area contributed by atoms with Gasteiger partial charge in [-0.15, -0.1) is 0 Å². The van der Waals surface area contributed by atoms with E-state index in [2.05, 4.69) is 23.5 Å². The first-order chi connectivity index (χ1) is 11.6. The number of amides is 1. The van der Waals surface area contributed by atoms with Gasteiger partial charge >= 0.3 is 0 Å². The van der Waals surface area contributed by atoms with Gasteiger partial charge in [0.15, 0.2) is 6.10 Å². The topological polar surface area (TPSA) is 50.7 Å². The number of rotatable bonds is 4. The Morgan fingerprint density at radius 3 is 2.83 bits per heavy atom. The van der Waals surface area contributed by atoms with Crippen molar-refractivity contribution in [2.24, 2.45) is 11.0 Å². The molecule has 2 atom stereocenters. The fraction of sp³-hybridized carbons (Fsp3) is 0.400. The highest BCUT2D eigenvalue weighted by Gasteiger charge is 2.17. The second-order valence-electron chi connectivity index (χ2n) is 6.62. The summed E-state index contributed by atoms with van der Waals surface area (Å²) in [6, 6.07) is 13.9. The molecule has 2 unspecified atom stereocenters. The van der Waals surface area contributed by atoms with Crippen molar-refractivity contribution < 1.29 is 9.53 Å². The SMILES string of the molecule is CC1CCC/C(=N/NC(=O)C(C)Oc2ccc3ccccc3c2)C1. The van der Waals surface area contributed by atoms with E-state index in [1.54, 1.807) is 6.92 Å². The lowest BCUT2D eigenvalue weighted by Crippen LogP contribution is -2.34. The second-order valence-corrected chi connectivity index (χ2v) is 6.62. The van der Waals surface area contributed by atoms with Crippen molar-refractivity contribution in [2.45, 2.75) is 45.6 Å². The predicted molar refractivity (Wildman–Crippen MR) is 97.2 cm³/mol. The van der Waals surface area contributed by atoms with Gasteiger partial charge in [-0.3, -0.25) is 4.79 Å². The van der Waals surface area contributed by atoms with Crippen LogP contribution in [0.15, 0.2) is 47.6 Å². The molecular weight excluding hydrogens is 300 g/mol. The van der Waals surface area contributed by atoms with Gasteiger partial charge in [-0.1, -0.05) is 37.3 Å². The van der Waals surface area contributed by atoms with Crippen LogP contribution in [-0.4, -0.2) is 17.7 Å². The Labute approximate surface area is 142 Å². The molecule has 0 radical (unpaired) electrons. The van der Waals surface area contributed by atoms with Crippen LogP contribution in [0.4, 0.5) is 0 Å². The molecule has 126 valence electrons. The van der Waals surface area contributed by atoms with E-state index in [-0.39, 0.29) is 5.91 Å². The highest BCUT2D eigenvalue weighted by molar-refractivity contribution is 5.88. The van der Waals surface area contributed by atoms with Crippen molar-refractivity contribution in [3.63, 3.8) is 0 Å². The highest BCUT2D eigenvalue weighted by atomic mass is 16.5. The van der Waals surface area contributed by atoms with E-state index in [9.17, 15) is 4.79 Å². The molecule has 3 rings (SSSR count). The van der Waals surface area contributed by atoms with E-state index >= 15 is 0 Å². The number of ether oxygens (including phenoxy) is 1. The van der Waals surface area contributed by atoms with Crippen molar-refractivity contribution in [2.75, 3.05) is 0 Å². The molecule has 1 fully saturated rings. The Hall–Kier alpha value is -2.36. The molecule has 0 aromatic heterocycles. The van der Waals surface area contributed by atoms with Gasteiger partial charge in [0.25, 0.3) is 5.91 Å². The number of nitrogens with zero attached hydrogens (tertiary/aromatic N) is 1. The summed E-state index contributed by atoms with van der Waals surface area (Å²) in [7, 11) is 0. The number of fused-ring (bicyclic) bond motifs is 1. The predicted octanol–water partition coefficient (Wildman–Crippen LogP) is 4.29.